The molecular weight excluding hydrogens is 334 g/mol. The van der Waals surface area contributed by atoms with Crippen molar-refractivity contribution in [1.82, 2.24) is 4.72 Å². The van der Waals surface area contributed by atoms with Gasteiger partial charge in [0.2, 0.25) is 10.0 Å². The van der Waals surface area contributed by atoms with Crippen LogP contribution in [0, 0.1) is 6.92 Å². The molecule has 0 saturated heterocycles. The summed E-state index contributed by atoms with van der Waals surface area (Å²) in [4.78, 5) is 11.7. The number of methoxy groups -OCH3 is 1. The van der Waals surface area contributed by atoms with Crippen molar-refractivity contribution < 1.29 is 17.9 Å². The molecule has 1 aromatic rings. The van der Waals surface area contributed by atoms with Crippen LogP contribution in [0.3, 0.4) is 0 Å². The Balaban J connectivity index is 1.99. The molecule has 0 aromatic heterocycles. The molecule has 7 heteroatoms. The maximum absolute atomic E-state index is 12.4. The fourth-order valence-corrected chi connectivity index (χ4v) is 5.32. The van der Waals surface area contributed by atoms with Gasteiger partial charge in [0.15, 0.2) is 0 Å². The molecule has 0 bridgehead atoms. The van der Waals surface area contributed by atoms with Crippen LogP contribution in [0.2, 0.25) is 0 Å². The minimum Gasteiger partial charge on any atom is -0.465 e. The lowest BCUT2D eigenvalue weighted by Gasteiger charge is -2.12. The molecular formula is C16H23NO4S2. The minimum atomic E-state index is -3.62. The predicted octanol–water partition coefficient (Wildman–Crippen LogP) is 2.74. The summed E-state index contributed by atoms with van der Waals surface area (Å²) in [7, 11) is -2.35. The van der Waals surface area contributed by atoms with Crippen LogP contribution in [0.1, 0.15) is 41.6 Å². The minimum absolute atomic E-state index is 0.131. The van der Waals surface area contributed by atoms with Crippen LogP contribution in [0.5, 0.6) is 0 Å². The lowest BCUT2D eigenvalue weighted by atomic mass is 10.1. The number of sulfonamides is 1. The molecule has 1 saturated carbocycles. The first-order valence-corrected chi connectivity index (χ1v) is 10.3. The monoisotopic (exact) mass is 357 g/mol. The van der Waals surface area contributed by atoms with Crippen LogP contribution in [0.25, 0.3) is 0 Å². The number of rotatable bonds is 7. The number of benzene rings is 1. The number of hydrogen-bond donors (Lipinski definition) is 1. The molecule has 0 atom stereocenters. The van der Waals surface area contributed by atoms with Crippen molar-refractivity contribution in [2.75, 3.05) is 19.4 Å². The number of carbonyl (C=O) groups excluding carboxylic acids is 1. The average Bonchev–Trinajstić information content (AvgIpc) is 3.04. The second kappa shape index (κ2) is 8.17. The first kappa shape index (κ1) is 18.3. The van der Waals surface area contributed by atoms with Crippen LogP contribution in [0.15, 0.2) is 23.1 Å². The molecule has 0 unspecified atom stereocenters. The number of esters is 1. The van der Waals surface area contributed by atoms with Crippen LogP contribution < -0.4 is 4.72 Å². The Morgan fingerprint density at radius 2 is 2.04 bits per heavy atom. The van der Waals surface area contributed by atoms with E-state index in [1.807, 2.05) is 11.8 Å². The van der Waals surface area contributed by atoms with Crippen molar-refractivity contribution in [2.45, 2.75) is 42.8 Å². The number of ether oxygens (including phenoxy) is 1. The lowest BCUT2D eigenvalue weighted by molar-refractivity contribution is 0.0600. The zero-order chi connectivity index (χ0) is 16.9. The van der Waals surface area contributed by atoms with Crippen molar-refractivity contribution in [1.29, 1.82) is 0 Å². The molecule has 1 aromatic carbocycles. The van der Waals surface area contributed by atoms with Gasteiger partial charge in [-0.25, -0.2) is 17.9 Å². The van der Waals surface area contributed by atoms with Crippen molar-refractivity contribution in [3.05, 3.63) is 29.3 Å². The number of thioether (sulfide) groups is 1. The van der Waals surface area contributed by atoms with Gasteiger partial charge in [-0.05, 0) is 37.5 Å². The third kappa shape index (κ3) is 4.96. The SMILES string of the molecule is COC(=O)c1ccc(C)c(S(=O)(=O)NCCSC2CCCC2)c1. The van der Waals surface area contributed by atoms with Gasteiger partial charge in [-0.15, -0.1) is 0 Å². The zero-order valence-electron chi connectivity index (χ0n) is 13.5. The Labute approximate surface area is 142 Å². The predicted molar refractivity (Wildman–Crippen MR) is 92.4 cm³/mol. The third-order valence-corrected chi connectivity index (χ3v) is 6.93. The average molecular weight is 357 g/mol. The lowest BCUT2D eigenvalue weighted by Crippen LogP contribution is -2.27. The molecule has 0 aliphatic heterocycles. The summed E-state index contributed by atoms with van der Waals surface area (Å²) >= 11 is 1.83. The summed E-state index contributed by atoms with van der Waals surface area (Å²) < 4.78 is 32.1. The van der Waals surface area contributed by atoms with Gasteiger partial charge in [-0.1, -0.05) is 18.9 Å². The Bertz CT molecular complexity index is 652. The summed E-state index contributed by atoms with van der Waals surface area (Å²) in [6.07, 6.45) is 5.03. The molecule has 1 aliphatic carbocycles. The van der Waals surface area contributed by atoms with Crippen molar-refractivity contribution in [3.8, 4) is 0 Å². The third-order valence-electron chi connectivity index (χ3n) is 3.95. The largest absolute Gasteiger partial charge is 0.465 e. The Morgan fingerprint density at radius 1 is 1.35 bits per heavy atom. The Morgan fingerprint density at radius 3 is 2.70 bits per heavy atom. The first-order chi connectivity index (χ1) is 10.9. The van der Waals surface area contributed by atoms with E-state index in [0.29, 0.717) is 17.4 Å². The highest BCUT2D eigenvalue weighted by molar-refractivity contribution is 8.00. The maximum Gasteiger partial charge on any atom is 0.337 e. The second-order valence-electron chi connectivity index (χ2n) is 5.65. The van der Waals surface area contributed by atoms with E-state index in [2.05, 4.69) is 9.46 Å². The topological polar surface area (TPSA) is 72.5 Å². The molecule has 0 heterocycles. The summed E-state index contributed by atoms with van der Waals surface area (Å²) in [5, 5.41) is 0.670. The van der Waals surface area contributed by atoms with Gasteiger partial charge in [-0.2, -0.15) is 11.8 Å². The molecule has 2 rings (SSSR count). The summed E-state index contributed by atoms with van der Waals surface area (Å²) in [5.74, 6) is 0.220. The Hall–Kier alpha value is -1.05. The number of nitrogens with one attached hydrogen (secondary N) is 1. The number of aryl methyl sites for hydroxylation is 1. The van der Waals surface area contributed by atoms with E-state index < -0.39 is 16.0 Å². The number of hydrogen-bond acceptors (Lipinski definition) is 5. The molecule has 23 heavy (non-hydrogen) atoms. The molecule has 1 N–H and O–H groups in total. The van der Waals surface area contributed by atoms with E-state index in [1.54, 1.807) is 19.1 Å². The summed E-state index contributed by atoms with van der Waals surface area (Å²) in [5.41, 5.74) is 0.840. The van der Waals surface area contributed by atoms with Gasteiger partial charge in [-0.3, -0.25) is 0 Å². The molecule has 0 amide bonds. The standard InChI is InChI=1S/C16H23NO4S2/c1-12-7-8-13(16(18)21-2)11-15(12)23(19,20)17-9-10-22-14-5-3-4-6-14/h7-8,11,14,17H,3-6,9-10H2,1-2H3. The molecule has 1 aliphatic rings. The maximum atomic E-state index is 12.4. The highest BCUT2D eigenvalue weighted by atomic mass is 32.2. The highest BCUT2D eigenvalue weighted by Crippen LogP contribution is 2.29. The normalized spacial score (nSPS) is 15.7. The van der Waals surface area contributed by atoms with Gasteiger partial charge in [0.1, 0.15) is 0 Å². The van der Waals surface area contributed by atoms with E-state index in [-0.39, 0.29) is 10.5 Å². The van der Waals surface area contributed by atoms with Crippen LogP contribution in [-0.4, -0.2) is 39.0 Å². The Kier molecular flexibility index (Phi) is 6.50. The first-order valence-electron chi connectivity index (χ1n) is 7.74. The van der Waals surface area contributed by atoms with Crippen molar-refractivity contribution in [3.63, 3.8) is 0 Å². The second-order valence-corrected chi connectivity index (χ2v) is 8.79. The fraction of sp³-hybridized carbons (Fsp3) is 0.562. The van der Waals surface area contributed by atoms with Crippen molar-refractivity contribution in [2.24, 2.45) is 0 Å². The van der Waals surface area contributed by atoms with Crippen LogP contribution >= 0.6 is 11.8 Å². The van der Waals surface area contributed by atoms with E-state index in [0.717, 1.165) is 5.75 Å². The quantitative estimate of drug-likeness (QED) is 0.600. The number of carbonyl (C=O) groups is 1. The van der Waals surface area contributed by atoms with Crippen molar-refractivity contribution >= 4 is 27.8 Å². The van der Waals surface area contributed by atoms with E-state index in [1.165, 1.54) is 38.9 Å². The summed E-state index contributed by atoms with van der Waals surface area (Å²) in [6.45, 7) is 2.11. The van der Waals surface area contributed by atoms with Gasteiger partial charge >= 0.3 is 5.97 Å². The fourth-order valence-electron chi connectivity index (χ4n) is 2.67. The van der Waals surface area contributed by atoms with Gasteiger partial charge in [0.05, 0.1) is 17.6 Å². The van der Waals surface area contributed by atoms with Gasteiger partial charge in [0, 0.05) is 17.5 Å². The van der Waals surface area contributed by atoms with Gasteiger partial charge in [0.25, 0.3) is 0 Å². The molecule has 0 spiro atoms. The van der Waals surface area contributed by atoms with E-state index >= 15 is 0 Å². The molecule has 1 fully saturated rings. The highest BCUT2D eigenvalue weighted by Gasteiger charge is 2.20. The van der Waals surface area contributed by atoms with Crippen LogP contribution in [-0.2, 0) is 14.8 Å². The van der Waals surface area contributed by atoms with Crippen LogP contribution in [0.4, 0.5) is 0 Å². The van der Waals surface area contributed by atoms with Gasteiger partial charge < -0.3 is 4.74 Å². The zero-order valence-corrected chi connectivity index (χ0v) is 15.1. The summed E-state index contributed by atoms with van der Waals surface area (Å²) in [6, 6.07) is 4.55. The van der Waals surface area contributed by atoms with E-state index in [4.69, 9.17) is 0 Å². The molecule has 0 radical (unpaired) electrons. The molecule has 5 nitrogen and oxygen atoms in total. The smallest absolute Gasteiger partial charge is 0.337 e. The molecule has 128 valence electrons. The van der Waals surface area contributed by atoms with E-state index in [9.17, 15) is 13.2 Å².